The first-order chi connectivity index (χ1) is 14.5. The Kier molecular flexibility index (Phi) is 8.90. The van der Waals surface area contributed by atoms with Gasteiger partial charge in [-0.15, -0.1) is 11.8 Å². The van der Waals surface area contributed by atoms with E-state index < -0.39 is 15.9 Å². The second-order valence-corrected chi connectivity index (χ2v) is 10.3. The number of carbonyl (C=O) groups is 2. The molecule has 8 nitrogen and oxygen atoms in total. The van der Waals surface area contributed by atoms with Crippen LogP contribution in [0.25, 0.3) is 0 Å². The van der Waals surface area contributed by atoms with E-state index >= 15 is 0 Å². The van der Waals surface area contributed by atoms with Crippen LogP contribution in [0.15, 0.2) is 52.3 Å². The molecule has 0 saturated heterocycles. The lowest BCUT2D eigenvalue weighted by Crippen LogP contribution is -2.36. The van der Waals surface area contributed by atoms with Crippen molar-refractivity contribution >= 4 is 56.6 Å². The molecule has 2 aromatic carbocycles. The highest BCUT2D eigenvalue weighted by Crippen LogP contribution is 2.27. The number of nitrogens with one attached hydrogen (secondary N) is 2. The van der Waals surface area contributed by atoms with Gasteiger partial charge in [0.25, 0.3) is 0 Å². The third-order valence-electron chi connectivity index (χ3n) is 4.18. The van der Waals surface area contributed by atoms with E-state index in [-0.39, 0.29) is 28.9 Å². The molecule has 0 unspecified atom stereocenters. The first kappa shape index (κ1) is 25.2. The topological polar surface area (TPSA) is 98.8 Å². The van der Waals surface area contributed by atoms with Gasteiger partial charge in [0.15, 0.2) is 0 Å². The van der Waals surface area contributed by atoms with Crippen molar-refractivity contribution in [2.75, 3.05) is 51.1 Å². The van der Waals surface area contributed by atoms with Crippen LogP contribution in [0.1, 0.15) is 0 Å². The molecule has 2 N–H and O–H groups in total. The Bertz CT molecular complexity index is 1060. The van der Waals surface area contributed by atoms with Crippen LogP contribution in [0, 0.1) is 0 Å². The number of amides is 2. The number of para-hydroxylation sites is 1. The first-order valence-electron chi connectivity index (χ1n) is 9.18. The second-order valence-electron chi connectivity index (χ2n) is 6.90. The van der Waals surface area contributed by atoms with Gasteiger partial charge >= 0.3 is 0 Å². The number of halogens is 1. The molecule has 0 aliphatic carbocycles. The fourth-order valence-corrected chi connectivity index (χ4v) is 4.61. The van der Waals surface area contributed by atoms with Gasteiger partial charge in [0, 0.05) is 24.7 Å². The van der Waals surface area contributed by atoms with Gasteiger partial charge in [-0.25, -0.2) is 12.7 Å². The van der Waals surface area contributed by atoms with Crippen molar-refractivity contribution in [2.45, 2.75) is 9.79 Å². The van der Waals surface area contributed by atoms with E-state index in [4.69, 9.17) is 11.6 Å². The Hall–Kier alpha value is -2.11. The quantitative estimate of drug-likeness (QED) is 0.531. The van der Waals surface area contributed by atoms with Gasteiger partial charge in [-0.1, -0.05) is 23.7 Å². The second kappa shape index (κ2) is 11.0. The Balaban J connectivity index is 1.97. The molecule has 0 spiro atoms. The van der Waals surface area contributed by atoms with Crippen LogP contribution in [0.4, 0.5) is 11.4 Å². The molecule has 0 aliphatic heterocycles. The summed E-state index contributed by atoms with van der Waals surface area (Å²) in [5.74, 6) is -0.641. The van der Waals surface area contributed by atoms with Crippen LogP contribution in [-0.2, 0) is 19.6 Å². The van der Waals surface area contributed by atoms with Crippen LogP contribution < -0.4 is 10.6 Å². The molecule has 0 aliphatic rings. The standard InChI is InChI=1S/C20H25ClN4O4S2/c1-24(2)31(28,29)18-11-14(9-10-15(18)21)22-19(26)12-25(3)13-20(27)23-16-7-5-6-8-17(16)30-4/h5-11H,12-13H2,1-4H3,(H,22,26)(H,23,27). The van der Waals surface area contributed by atoms with Gasteiger partial charge in [0.05, 0.1) is 23.8 Å². The lowest BCUT2D eigenvalue weighted by molar-refractivity contribution is -0.119. The Morgan fingerprint density at radius 2 is 1.61 bits per heavy atom. The Morgan fingerprint density at radius 3 is 2.23 bits per heavy atom. The maximum atomic E-state index is 12.4. The first-order valence-corrected chi connectivity index (χ1v) is 12.2. The normalized spacial score (nSPS) is 11.6. The number of nitrogens with zero attached hydrogens (tertiary/aromatic N) is 2. The van der Waals surface area contributed by atoms with Crippen LogP contribution in [0.2, 0.25) is 5.02 Å². The predicted octanol–water partition coefficient (Wildman–Crippen LogP) is 2.82. The van der Waals surface area contributed by atoms with Crippen molar-refractivity contribution in [3.05, 3.63) is 47.5 Å². The summed E-state index contributed by atoms with van der Waals surface area (Å²) >= 11 is 7.54. The highest BCUT2D eigenvalue weighted by Gasteiger charge is 2.21. The van der Waals surface area contributed by atoms with E-state index in [0.717, 1.165) is 9.20 Å². The number of sulfonamides is 1. The molecule has 2 aromatic rings. The zero-order chi connectivity index (χ0) is 23.2. The van der Waals surface area contributed by atoms with Crippen molar-refractivity contribution in [3.63, 3.8) is 0 Å². The summed E-state index contributed by atoms with van der Waals surface area (Å²) in [5.41, 5.74) is 1.01. The molecule has 0 radical (unpaired) electrons. The Labute approximate surface area is 192 Å². The summed E-state index contributed by atoms with van der Waals surface area (Å²) in [6.07, 6.45) is 1.92. The lowest BCUT2D eigenvalue weighted by atomic mass is 10.3. The van der Waals surface area contributed by atoms with Crippen molar-refractivity contribution < 1.29 is 18.0 Å². The lowest BCUT2D eigenvalue weighted by Gasteiger charge is -2.17. The van der Waals surface area contributed by atoms with E-state index in [1.165, 1.54) is 44.1 Å². The summed E-state index contributed by atoms with van der Waals surface area (Å²) in [6.45, 7) is -0.0486. The van der Waals surface area contributed by atoms with E-state index in [1.54, 1.807) is 11.9 Å². The van der Waals surface area contributed by atoms with Crippen molar-refractivity contribution in [2.24, 2.45) is 0 Å². The molecular formula is C20H25ClN4O4S2. The molecule has 0 atom stereocenters. The number of likely N-dealkylation sites (N-methyl/N-ethyl adjacent to an activating group) is 1. The third-order valence-corrected chi connectivity index (χ3v) is 7.27. The maximum Gasteiger partial charge on any atom is 0.244 e. The molecule has 0 fully saturated rings. The monoisotopic (exact) mass is 484 g/mol. The van der Waals surface area contributed by atoms with Crippen LogP contribution in [-0.4, -0.2) is 69.9 Å². The van der Waals surface area contributed by atoms with Crippen LogP contribution in [0.5, 0.6) is 0 Å². The number of hydrogen-bond donors (Lipinski definition) is 2. The van der Waals surface area contributed by atoms with E-state index in [9.17, 15) is 18.0 Å². The number of benzene rings is 2. The Morgan fingerprint density at radius 1 is 1.00 bits per heavy atom. The average Bonchev–Trinajstić information content (AvgIpc) is 2.69. The minimum atomic E-state index is -3.76. The fourth-order valence-electron chi connectivity index (χ4n) is 2.66. The molecule has 168 valence electrons. The third kappa shape index (κ3) is 6.94. The fraction of sp³-hybridized carbons (Fsp3) is 0.300. The molecule has 0 saturated carbocycles. The van der Waals surface area contributed by atoms with E-state index in [0.29, 0.717) is 11.4 Å². The molecular weight excluding hydrogens is 460 g/mol. The molecule has 11 heteroatoms. The number of hydrogen-bond acceptors (Lipinski definition) is 6. The van der Waals surface area contributed by atoms with Gasteiger partial charge in [-0.2, -0.15) is 0 Å². The number of anilines is 2. The molecule has 2 rings (SSSR count). The van der Waals surface area contributed by atoms with Crippen molar-refractivity contribution in [3.8, 4) is 0 Å². The molecule has 0 bridgehead atoms. The SMILES string of the molecule is CSc1ccccc1NC(=O)CN(C)CC(=O)Nc1ccc(Cl)c(S(=O)(=O)N(C)C)c1. The highest BCUT2D eigenvalue weighted by atomic mass is 35.5. The minimum Gasteiger partial charge on any atom is -0.325 e. The number of thioether (sulfide) groups is 1. The van der Waals surface area contributed by atoms with Crippen LogP contribution in [0.3, 0.4) is 0 Å². The zero-order valence-electron chi connectivity index (χ0n) is 17.7. The summed E-state index contributed by atoms with van der Waals surface area (Å²) < 4.78 is 25.8. The summed E-state index contributed by atoms with van der Waals surface area (Å²) in [6, 6.07) is 11.7. The number of carbonyl (C=O) groups excluding carboxylic acids is 2. The molecule has 0 aromatic heterocycles. The summed E-state index contributed by atoms with van der Waals surface area (Å²) in [7, 11) is 0.682. The van der Waals surface area contributed by atoms with Crippen LogP contribution >= 0.6 is 23.4 Å². The zero-order valence-corrected chi connectivity index (χ0v) is 20.1. The smallest absolute Gasteiger partial charge is 0.244 e. The molecule has 0 heterocycles. The summed E-state index contributed by atoms with van der Waals surface area (Å²) in [5, 5.41) is 5.53. The average molecular weight is 485 g/mol. The summed E-state index contributed by atoms with van der Waals surface area (Å²) in [4.78, 5) is 27.1. The van der Waals surface area contributed by atoms with Gasteiger partial charge < -0.3 is 10.6 Å². The van der Waals surface area contributed by atoms with Gasteiger partial charge in [-0.3, -0.25) is 14.5 Å². The molecule has 31 heavy (non-hydrogen) atoms. The van der Waals surface area contributed by atoms with Crippen molar-refractivity contribution in [1.29, 1.82) is 0 Å². The van der Waals surface area contributed by atoms with E-state index in [1.807, 2.05) is 30.5 Å². The van der Waals surface area contributed by atoms with Gasteiger partial charge in [-0.05, 0) is 43.6 Å². The van der Waals surface area contributed by atoms with Crippen molar-refractivity contribution in [1.82, 2.24) is 9.21 Å². The highest BCUT2D eigenvalue weighted by molar-refractivity contribution is 7.98. The van der Waals surface area contributed by atoms with Gasteiger partial charge in [0.1, 0.15) is 4.90 Å². The minimum absolute atomic E-state index is 0.0109. The van der Waals surface area contributed by atoms with E-state index in [2.05, 4.69) is 10.6 Å². The maximum absolute atomic E-state index is 12.4. The predicted molar refractivity (Wildman–Crippen MR) is 125 cm³/mol. The number of rotatable bonds is 9. The largest absolute Gasteiger partial charge is 0.325 e. The van der Waals surface area contributed by atoms with Gasteiger partial charge in [0.2, 0.25) is 21.8 Å². The molecule has 2 amide bonds.